The van der Waals surface area contributed by atoms with E-state index in [4.69, 9.17) is 10.2 Å². The fourth-order valence-corrected chi connectivity index (χ4v) is 2.86. The maximum atomic E-state index is 6.05. The number of nitrogens with one attached hydrogen (secondary N) is 1. The number of hydrogen-bond donors (Lipinski definition) is 2. The third kappa shape index (κ3) is 2.28. The molecule has 0 aliphatic heterocycles. The fourth-order valence-electron chi connectivity index (χ4n) is 2.86. The second-order valence-electron chi connectivity index (χ2n) is 5.16. The lowest BCUT2D eigenvalue weighted by Gasteiger charge is -2.16. The van der Waals surface area contributed by atoms with Gasteiger partial charge in [0.1, 0.15) is 5.58 Å². The minimum atomic E-state index is 0.339. The van der Waals surface area contributed by atoms with Crippen LogP contribution >= 0.6 is 0 Å². The first-order chi connectivity index (χ1) is 8.84. The van der Waals surface area contributed by atoms with E-state index in [1.54, 1.807) is 0 Å². The summed E-state index contributed by atoms with van der Waals surface area (Å²) in [6.07, 6.45) is 6.51. The first-order valence-electron chi connectivity index (χ1n) is 6.78. The summed E-state index contributed by atoms with van der Waals surface area (Å²) in [5.41, 5.74) is 8.31. The highest BCUT2D eigenvalue weighted by atomic mass is 16.3. The predicted octanol–water partition coefficient (Wildman–Crippen LogP) is 2.44. The zero-order valence-corrected chi connectivity index (χ0v) is 10.6. The Morgan fingerprint density at radius 3 is 3.00 bits per heavy atom. The van der Waals surface area contributed by atoms with Crippen molar-refractivity contribution in [1.82, 2.24) is 5.32 Å². The number of furan rings is 1. The van der Waals surface area contributed by atoms with E-state index >= 15 is 0 Å². The number of hydrogen-bond acceptors (Lipinski definition) is 3. The van der Waals surface area contributed by atoms with Crippen LogP contribution in [-0.4, -0.2) is 18.6 Å². The van der Waals surface area contributed by atoms with Gasteiger partial charge >= 0.3 is 0 Å². The van der Waals surface area contributed by atoms with Gasteiger partial charge in [-0.05, 0) is 37.4 Å². The number of rotatable bonds is 4. The molecule has 1 heterocycles. The van der Waals surface area contributed by atoms with Gasteiger partial charge in [0.15, 0.2) is 0 Å². The molecule has 0 radical (unpaired) electrons. The normalized spacial score (nSPS) is 23.8. The highest BCUT2D eigenvalue weighted by molar-refractivity contribution is 5.80. The first kappa shape index (κ1) is 11.8. The molecule has 0 bridgehead atoms. The molecule has 1 saturated carbocycles. The van der Waals surface area contributed by atoms with Gasteiger partial charge in [-0.15, -0.1) is 0 Å². The minimum absolute atomic E-state index is 0.339. The summed E-state index contributed by atoms with van der Waals surface area (Å²) in [7, 11) is 0. The smallest absolute Gasteiger partial charge is 0.134 e. The van der Waals surface area contributed by atoms with Crippen LogP contribution in [0.1, 0.15) is 24.8 Å². The molecule has 1 aromatic carbocycles. The highest BCUT2D eigenvalue weighted by Crippen LogP contribution is 2.21. The summed E-state index contributed by atoms with van der Waals surface area (Å²) >= 11 is 0. The number of fused-ring (bicyclic) bond motifs is 1. The Morgan fingerprint density at radius 2 is 2.17 bits per heavy atom. The predicted molar refractivity (Wildman–Crippen MR) is 73.5 cm³/mol. The van der Waals surface area contributed by atoms with Crippen LogP contribution in [0.5, 0.6) is 0 Å². The molecule has 18 heavy (non-hydrogen) atoms. The Hall–Kier alpha value is -1.32. The molecule has 0 saturated heterocycles. The summed E-state index contributed by atoms with van der Waals surface area (Å²) in [4.78, 5) is 0. The maximum Gasteiger partial charge on any atom is 0.134 e. The molecule has 0 amide bonds. The Morgan fingerprint density at radius 1 is 1.28 bits per heavy atom. The van der Waals surface area contributed by atoms with Gasteiger partial charge in [0.2, 0.25) is 0 Å². The van der Waals surface area contributed by atoms with Crippen LogP contribution in [0.2, 0.25) is 0 Å². The molecule has 96 valence electrons. The molecule has 2 unspecified atom stereocenters. The fraction of sp³-hybridized carbons (Fsp3) is 0.467. The van der Waals surface area contributed by atoms with Crippen LogP contribution in [-0.2, 0) is 6.42 Å². The third-order valence-electron chi connectivity index (χ3n) is 3.93. The second-order valence-corrected chi connectivity index (χ2v) is 5.16. The molecule has 3 nitrogen and oxygen atoms in total. The van der Waals surface area contributed by atoms with E-state index in [-0.39, 0.29) is 0 Å². The second kappa shape index (κ2) is 5.12. The molecule has 0 spiro atoms. The molecule has 3 heteroatoms. The van der Waals surface area contributed by atoms with Crippen molar-refractivity contribution in [1.29, 1.82) is 0 Å². The van der Waals surface area contributed by atoms with Gasteiger partial charge in [0, 0.05) is 17.5 Å². The Kier molecular flexibility index (Phi) is 3.35. The molecule has 3 rings (SSSR count). The molecular formula is C15H20N2O. The molecule has 2 atom stereocenters. The molecule has 1 fully saturated rings. The number of nitrogens with two attached hydrogens (primary N) is 1. The van der Waals surface area contributed by atoms with Gasteiger partial charge in [-0.2, -0.15) is 0 Å². The van der Waals surface area contributed by atoms with Crippen LogP contribution in [0.3, 0.4) is 0 Å². The van der Waals surface area contributed by atoms with E-state index in [1.165, 1.54) is 23.8 Å². The monoisotopic (exact) mass is 244 g/mol. The molecule has 1 aliphatic carbocycles. The van der Waals surface area contributed by atoms with Crippen molar-refractivity contribution in [3.63, 3.8) is 0 Å². The van der Waals surface area contributed by atoms with Crippen molar-refractivity contribution < 1.29 is 4.42 Å². The Balaban J connectivity index is 1.60. The van der Waals surface area contributed by atoms with Gasteiger partial charge in [0.05, 0.1) is 6.26 Å². The Bertz CT molecular complexity index is 520. The van der Waals surface area contributed by atoms with Crippen LogP contribution in [0, 0.1) is 0 Å². The van der Waals surface area contributed by atoms with Crippen molar-refractivity contribution >= 4 is 11.0 Å². The number of benzene rings is 1. The first-order valence-corrected chi connectivity index (χ1v) is 6.78. The van der Waals surface area contributed by atoms with E-state index in [0.29, 0.717) is 12.1 Å². The standard InChI is InChI=1S/C15H20N2O/c16-13-5-3-6-14(13)17-9-8-11-10-18-15-7-2-1-4-12(11)15/h1-2,4,7,10,13-14,17H,3,5-6,8-9,16H2. The van der Waals surface area contributed by atoms with Crippen molar-refractivity contribution in [2.75, 3.05) is 6.54 Å². The van der Waals surface area contributed by atoms with Crippen LogP contribution < -0.4 is 11.1 Å². The molecule has 1 aromatic heterocycles. The van der Waals surface area contributed by atoms with Gasteiger partial charge in [-0.25, -0.2) is 0 Å². The summed E-state index contributed by atoms with van der Waals surface area (Å²) in [5.74, 6) is 0. The van der Waals surface area contributed by atoms with Crippen LogP contribution in [0.4, 0.5) is 0 Å². The van der Waals surface area contributed by atoms with E-state index in [1.807, 2.05) is 18.4 Å². The third-order valence-corrected chi connectivity index (χ3v) is 3.93. The zero-order chi connectivity index (χ0) is 12.4. The van der Waals surface area contributed by atoms with Gasteiger partial charge in [-0.3, -0.25) is 0 Å². The maximum absolute atomic E-state index is 6.05. The molecule has 1 aliphatic rings. The molecule has 2 aromatic rings. The van der Waals surface area contributed by atoms with E-state index in [9.17, 15) is 0 Å². The minimum Gasteiger partial charge on any atom is -0.464 e. The van der Waals surface area contributed by atoms with E-state index in [0.717, 1.165) is 25.0 Å². The van der Waals surface area contributed by atoms with E-state index in [2.05, 4.69) is 17.4 Å². The SMILES string of the molecule is NC1CCCC1NCCc1coc2ccccc12. The average Bonchev–Trinajstić information content (AvgIpc) is 2.97. The van der Waals surface area contributed by atoms with Crippen molar-refractivity contribution in [3.8, 4) is 0 Å². The van der Waals surface area contributed by atoms with Crippen molar-refractivity contribution in [2.45, 2.75) is 37.8 Å². The lowest BCUT2D eigenvalue weighted by atomic mass is 10.1. The summed E-state index contributed by atoms with van der Waals surface area (Å²) < 4.78 is 5.54. The van der Waals surface area contributed by atoms with Crippen LogP contribution in [0.15, 0.2) is 34.9 Å². The Labute approximate surface area is 107 Å². The number of para-hydroxylation sites is 1. The lowest BCUT2D eigenvalue weighted by Crippen LogP contribution is -2.41. The van der Waals surface area contributed by atoms with Gasteiger partial charge in [-0.1, -0.05) is 24.6 Å². The van der Waals surface area contributed by atoms with Crippen molar-refractivity contribution in [2.24, 2.45) is 5.73 Å². The summed E-state index contributed by atoms with van der Waals surface area (Å²) in [5, 5.41) is 4.80. The quantitative estimate of drug-likeness (QED) is 0.868. The van der Waals surface area contributed by atoms with E-state index < -0.39 is 0 Å². The average molecular weight is 244 g/mol. The molecule has 3 N–H and O–H groups in total. The molecular weight excluding hydrogens is 224 g/mol. The topological polar surface area (TPSA) is 51.2 Å². The van der Waals surface area contributed by atoms with Gasteiger partial charge < -0.3 is 15.5 Å². The van der Waals surface area contributed by atoms with Crippen LogP contribution in [0.25, 0.3) is 11.0 Å². The zero-order valence-electron chi connectivity index (χ0n) is 10.6. The summed E-state index contributed by atoms with van der Waals surface area (Å²) in [6, 6.07) is 9.04. The lowest BCUT2D eigenvalue weighted by molar-refractivity contribution is 0.478. The van der Waals surface area contributed by atoms with Crippen molar-refractivity contribution in [3.05, 3.63) is 36.1 Å². The largest absolute Gasteiger partial charge is 0.464 e. The highest BCUT2D eigenvalue weighted by Gasteiger charge is 2.22. The van der Waals surface area contributed by atoms with Gasteiger partial charge in [0.25, 0.3) is 0 Å². The summed E-state index contributed by atoms with van der Waals surface area (Å²) in [6.45, 7) is 0.974.